The van der Waals surface area contributed by atoms with Crippen LogP contribution in [-0.4, -0.2) is 10.7 Å². The van der Waals surface area contributed by atoms with Gasteiger partial charge in [0.1, 0.15) is 5.75 Å². The summed E-state index contributed by atoms with van der Waals surface area (Å²) in [6, 6.07) is 16.9. The van der Waals surface area contributed by atoms with Crippen molar-refractivity contribution in [1.82, 2.24) is 5.01 Å². The van der Waals surface area contributed by atoms with Gasteiger partial charge in [-0.1, -0.05) is 36.4 Å². The minimum Gasteiger partial charge on any atom is -0.464 e. The van der Waals surface area contributed by atoms with Crippen LogP contribution in [0.5, 0.6) is 5.75 Å². The van der Waals surface area contributed by atoms with Crippen LogP contribution in [0.3, 0.4) is 0 Å². The lowest BCUT2D eigenvalue weighted by atomic mass is 9.97. The van der Waals surface area contributed by atoms with Gasteiger partial charge in [0.15, 0.2) is 0 Å². The van der Waals surface area contributed by atoms with Crippen molar-refractivity contribution in [1.29, 1.82) is 0 Å². The van der Waals surface area contributed by atoms with E-state index in [-0.39, 0.29) is 6.04 Å². The van der Waals surface area contributed by atoms with Crippen molar-refractivity contribution in [3.05, 3.63) is 87.6 Å². The van der Waals surface area contributed by atoms with Gasteiger partial charge in [-0.05, 0) is 29.6 Å². The van der Waals surface area contributed by atoms with Crippen molar-refractivity contribution in [2.24, 2.45) is 5.10 Å². The summed E-state index contributed by atoms with van der Waals surface area (Å²) in [7, 11) is 0. The van der Waals surface area contributed by atoms with Gasteiger partial charge < -0.3 is 4.74 Å². The fraction of sp³-hybridized carbons (Fsp3) is 0.190. The fourth-order valence-electron chi connectivity index (χ4n) is 3.68. The molecule has 0 unspecified atom stereocenters. The Kier molecular flexibility index (Phi) is 3.94. The summed E-state index contributed by atoms with van der Waals surface area (Å²) in [5.74, 6) is 0.747. The first kappa shape index (κ1) is 17.3. The predicted octanol–water partition coefficient (Wildman–Crippen LogP) is 6.01. The van der Waals surface area contributed by atoms with Crippen LogP contribution in [0.4, 0.5) is 13.2 Å². The van der Waals surface area contributed by atoms with Gasteiger partial charge in [-0.2, -0.15) is 18.3 Å². The van der Waals surface area contributed by atoms with Gasteiger partial charge in [0.05, 0.1) is 22.2 Å². The Morgan fingerprint density at radius 1 is 1.00 bits per heavy atom. The Morgan fingerprint density at radius 3 is 2.50 bits per heavy atom. The summed E-state index contributed by atoms with van der Waals surface area (Å²) in [5, 5.41) is 8.68. The van der Waals surface area contributed by atoms with Gasteiger partial charge >= 0.3 is 6.18 Å². The van der Waals surface area contributed by atoms with Crippen LogP contribution in [0.25, 0.3) is 0 Å². The average molecular weight is 400 g/mol. The molecule has 0 spiro atoms. The molecular weight excluding hydrogens is 385 g/mol. The first-order chi connectivity index (χ1) is 13.5. The predicted molar refractivity (Wildman–Crippen MR) is 101 cm³/mol. The number of hydrogen-bond donors (Lipinski definition) is 0. The van der Waals surface area contributed by atoms with Crippen molar-refractivity contribution in [3.8, 4) is 5.75 Å². The molecule has 0 N–H and O–H groups in total. The number of alkyl halides is 3. The Balaban J connectivity index is 1.56. The zero-order valence-corrected chi connectivity index (χ0v) is 15.4. The van der Waals surface area contributed by atoms with E-state index in [1.807, 2.05) is 46.8 Å². The first-order valence-electron chi connectivity index (χ1n) is 8.83. The molecule has 3 nitrogen and oxygen atoms in total. The molecule has 2 aromatic carbocycles. The Hall–Kier alpha value is -2.80. The van der Waals surface area contributed by atoms with Crippen LogP contribution in [0.2, 0.25) is 0 Å². The minimum atomic E-state index is -4.36. The normalized spacial score (nSPS) is 21.0. The van der Waals surface area contributed by atoms with E-state index in [9.17, 15) is 13.2 Å². The van der Waals surface area contributed by atoms with Gasteiger partial charge in [-0.25, -0.2) is 5.01 Å². The maximum atomic E-state index is 12.9. The largest absolute Gasteiger partial charge is 0.464 e. The lowest BCUT2D eigenvalue weighted by molar-refractivity contribution is -0.137. The lowest BCUT2D eigenvalue weighted by Crippen LogP contribution is -2.33. The third-order valence-electron chi connectivity index (χ3n) is 5.03. The average Bonchev–Trinajstić information content (AvgIpc) is 3.36. The molecule has 142 valence electrons. The van der Waals surface area contributed by atoms with Gasteiger partial charge in [0.25, 0.3) is 0 Å². The molecule has 2 atom stereocenters. The highest BCUT2D eigenvalue weighted by molar-refractivity contribution is 7.12. The standard InChI is InChI=1S/C21H15F3N2OS/c22-21(23,24)14-9-7-13(8-10-14)20-26-17(15-4-1-2-5-18(15)27-20)12-16(25-26)19-6-3-11-28-19/h1-11,17,20H,12H2/t17-,20-/m0/s1. The van der Waals surface area contributed by atoms with Crippen LogP contribution in [0.1, 0.15) is 40.3 Å². The molecule has 5 rings (SSSR count). The Labute approximate surface area is 163 Å². The van der Waals surface area contributed by atoms with Crippen LogP contribution < -0.4 is 4.74 Å². The summed E-state index contributed by atoms with van der Waals surface area (Å²) in [6.45, 7) is 0. The molecule has 2 aliphatic rings. The number of para-hydroxylation sites is 1. The van der Waals surface area contributed by atoms with Crippen molar-refractivity contribution < 1.29 is 17.9 Å². The number of nitrogens with zero attached hydrogens (tertiary/aromatic N) is 2. The summed E-state index contributed by atoms with van der Waals surface area (Å²) in [4.78, 5) is 1.10. The highest BCUT2D eigenvalue weighted by Crippen LogP contribution is 2.47. The number of rotatable bonds is 2. The van der Waals surface area contributed by atoms with E-state index in [2.05, 4.69) is 0 Å². The fourth-order valence-corrected chi connectivity index (χ4v) is 4.40. The van der Waals surface area contributed by atoms with Crippen LogP contribution in [0.15, 0.2) is 71.1 Å². The second kappa shape index (κ2) is 6.38. The summed E-state index contributed by atoms with van der Waals surface area (Å²) in [6.07, 6.45) is -4.20. The van der Waals surface area contributed by atoms with Crippen LogP contribution in [0, 0.1) is 0 Å². The number of thiophene rings is 1. The molecule has 28 heavy (non-hydrogen) atoms. The SMILES string of the molecule is FC(F)(F)c1ccc([C@@H]2Oc3ccccc3[C@@H]3CC(c4cccs4)=NN32)cc1. The molecule has 0 saturated carbocycles. The van der Waals surface area contributed by atoms with Crippen molar-refractivity contribution in [2.45, 2.75) is 24.9 Å². The van der Waals surface area contributed by atoms with Gasteiger partial charge in [-0.15, -0.1) is 11.3 Å². The minimum absolute atomic E-state index is 0.00524. The zero-order valence-electron chi connectivity index (χ0n) is 14.6. The molecular formula is C21H15F3N2OS. The number of ether oxygens (including phenoxy) is 1. The van der Waals surface area contributed by atoms with Crippen molar-refractivity contribution in [3.63, 3.8) is 0 Å². The highest BCUT2D eigenvalue weighted by atomic mass is 32.1. The molecule has 0 aliphatic carbocycles. The quantitative estimate of drug-likeness (QED) is 0.526. The number of hydrogen-bond acceptors (Lipinski definition) is 4. The number of hydrazone groups is 1. The number of benzene rings is 2. The van der Waals surface area contributed by atoms with Gasteiger partial charge in [0, 0.05) is 17.5 Å². The Morgan fingerprint density at radius 2 is 1.79 bits per heavy atom. The maximum absolute atomic E-state index is 12.9. The third kappa shape index (κ3) is 2.86. The van der Waals surface area contributed by atoms with E-state index < -0.39 is 18.0 Å². The third-order valence-corrected chi connectivity index (χ3v) is 5.95. The van der Waals surface area contributed by atoms with Crippen molar-refractivity contribution >= 4 is 17.0 Å². The summed E-state index contributed by atoms with van der Waals surface area (Å²) in [5.41, 5.74) is 1.98. The first-order valence-corrected chi connectivity index (χ1v) is 9.71. The molecule has 2 aliphatic heterocycles. The molecule has 0 amide bonds. The molecule has 0 bridgehead atoms. The molecule has 3 heterocycles. The number of halogens is 3. The van der Waals surface area contributed by atoms with E-state index >= 15 is 0 Å². The molecule has 0 fully saturated rings. The molecule has 1 aromatic heterocycles. The smallest absolute Gasteiger partial charge is 0.416 e. The zero-order chi connectivity index (χ0) is 19.3. The molecule has 7 heteroatoms. The highest BCUT2D eigenvalue weighted by Gasteiger charge is 2.41. The van der Waals surface area contributed by atoms with Crippen LogP contribution in [-0.2, 0) is 6.18 Å². The Bertz CT molecular complexity index is 1030. The molecule has 3 aromatic rings. The van der Waals surface area contributed by atoms with Gasteiger partial charge in [-0.3, -0.25) is 0 Å². The van der Waals surface area contributed by atoms with Crippen LogP contribution >= 0.6 is 11.3 Å². The van der Waals surface area contributed by atoms with E-state index in [0.717, 1.165) is 40.5 Å². The van der Waals surface area contributed by atoms with E-state index in [1.54, 1.807) is 11.3 Å². The molecule has 0 saturated heterocycles. The monoisotopic (exact) mass is 400 g/mol. The van der Waals surface area contributed by atoms with E-state index in [4.69, 9.17) is 9.84 Å². The maximum Gasteiger partial charge on any atom is 0.416 e. The second-order valence-electron chi connectivity index (χ2n) is 6.75. The second-order valence-corrected chi connectivity index (χ2v) is 7.70. The van der Waals surface area contributed by atoms with E-state index in [1.165, 1.54) is 12.1 Å². The lowest BCUT2D eigenvalue weighted by Gasteiger charge is -2.38. The van der Waals surface area contributed by atoms with Gasteiger partial charge in [0.2, 0.25) is 6.23 Å². The summed E-state index contributed by atoms with van der Waals surface area (Å²) >= 11 is 1.63. The molecule has 0 radical (unpaired) electrons. The van der Waals surface area contributed by atoms with Crippen molar-refractivity contribution in [2.75, 3.05) is 0 Å². The van der Waals surface area contributed by atoms with E-state index in [0.29, 0.717) is 5.56 Å². The topological polar surface area (TPSA) is 24.8 Å². The summed E-state index contributed by atoms with van der Waals surface area (Å²) < 4.78 is 44.9. The number of fused-ring (bicyclic) bond motifs is 3.